The van der Waals surface area contributed by atoms with Crippen LogP contribution in [0.25, 0.3) is 22.3 Å². The Bertz CT molecular complexity index is 1220. The van der Waals surface area contributed by atoms with Gasteiger partial charge in [-0.3, -0.25) is 0 Å². The smallest absolute Gasteiger partial charge is 0.139 e. The average molecular weight is 444 g/mol. The molecule has 0 unspecified atom stereocenters. The number of hydrogen-bond donors (Lipinski definition) is 2. The van der Waals surface area contributed by atoms with Gasteiger partial charge in [0.2, 0.25) is 0 Å². The summed E-state index contributed by atoms with van der Waals surface area (Å²) in [7, 11) is 2.00. The lowest BCUT2D eigenvalue weighted by atomic mass is 10.1. The molecule has 4 aromatic rings. The van der Waals surface area contributed by atoms with Crippen molar-refractivity contribution >= 4 is 41.3 Å². The molecule has 2 aromatic heterocycles. The summed E-state index contributed by atoms with van der Waals surface area (Å²) in [5.74, 6) is 0. The van der Waals surface area contributed by atoms with Crippen LogP contribution < -0.4 is 15.5 Å². The highest BCUT2D eigenvalue weighted by molar-refractivity contribution is 7.64. The van der Waals surface area contributed by atoms with Crippen molar-refractivity contribution in [3.05, 3.63) is 66.9 Å². The Hall–Kier alpha value is -2.88. The summed E-state index contributed by atoms with van der Waals surface area (Å²) >= 11 is 0. The number of hydrogen-bond acceptors (Lipinski definition) is 4. The fourth-order valence-corrected chi connectivity index (χ4v) is 5.34. The van der Waals surface area contributed by atoms with E-state index in [4.69, 9.17) is 0 Å². The number of anilines is 3. The number of benzene rings is 2. The molecule has 2 aromatic carbocycles. The van der Waals surface area contributed by atoms with E-state index in [9.17, 15) is 0 Å². The molecular formula is C26H30N5P. The summed E-state index contributed by atoms with van der Waals surface area (Å²) in [6.45, 7) is 8.93. The third kappa shape index (κ3) is 4.23. The summed E-state index contributed by atoms with van der Waals surface area (Å²) < 4.78 is 0. The van der Waals surface area contributed by atoms with Crippen molar-refractivity contribution in [3.63, 3.8) is 0 Å². The Morgan fingerprint density at radius 2 is 1.72 bits per heavy atom. The van der Waals surface area contributed by atoms with Crippen LogP contribution in [0, 0.1) is 0 Å². The third-order valence-corrected chi connectivity index (χ3v) is 7.57. The molecule has 1 aliphatic rings. The first-order chi connectivity index (χ1) is 15.6. The van der Waals surface area contributed by atoms with E-state index in [1.165, 1.54) is 22.2 Å². The number of aromatic nitrogens is 2. The van der Waals surface area contributed by atoms with Crippen molar-refractivity contribution in [3.8, 4) is 11.3 Å². The minimum atomic E-state index is -0.193. The number of nitrogens with one attached hydrogen (secondary N) is 2. The van der Waals surface area contributed by atoms with Crippen LogP contribution in [0.15, 0.2) is 66.9 Å². The SMILES string of the molecule is CN1CCN(c2cccc(-c3cc4c(Nc5ccccc5P(C)C)ccnc4[nH]3)c2)CC1. The van der Waals surface area contributed by atoms with Crippen LogP contribution in [0.4, 0.5) is 17.1 Å². The van der Waals surface area contributed by atoms with Gasteiger partial charge in [-0.25, -0.2) is 4.98 Å². The van der Waals surface area contributed by atoms with Gasteiger partial charge < -0.3 is 20.1 Å². The van der Waals surface area contributed by atoms with E-state index in [1.54, 1.807) is 0 Å². The van der Waals surface area contributed by atoms with Gasteiger partial charge in [0.25, 0.3) is 0 Å². The lowest BCUT2D eigenvalue weighted by molar-refractivity contribution is 0.313. The van der Waals surface area contributed by atoms with Crippen LogP contribution in [0.2, 0.25) is 0 Å². The molecule has 1 saturated heterocycles. The number of piperazine rings is 1. The Kier molecular flexibility index (Phi) is 5.86. The summed E-state index contributed by atoms with van der Waals surface area (Å²) in [6, 6.07) is 21.7. The highest BCUT2D eigenvalue weighted by Gasteiger charge is 2.16. The fourth-order valence-electron chi connectivity index (χ4n) is 4.34. The summed E-state index contributed by atoms with van der Waals surface area (Å²) in [5.41, 5.74) is 6.74. The van der Waals surface area contributed by atoms with Crippen LogP contribution in [0.3, 0.4) is 0 Å². The summed E-state index contributed by atoms with van der Waals surface area (Å²) in [5, 5.41) is 6.16. The van der Waals surface area contributed by atoms with Crippen molar-refractivity contribution in [2.24, 2.45) is 0 Å². The highest BCUT2D eigenvalue weighted by atomic mass is 31.1. The topological polar surface area (TPSA) is 47.2 Å². The average Bonchev–Trinajstić information content (AvgIpc) is 3.25. The van der Waals surface area contributed by atoms with Crippen LogP contribution in [0.1, 0.15) is 0 Å². The Morgan fingerprint density at radius 1 is 0.906 bits per heavy atom. The van der Waals surface area contributed by atoms with Crippen LogP contribution in [0.5, 0.6) is 0 Å². The molecule has 32 heavy (non-hydrogen) atoms. The molecule has 0 bridgehead atoms. The lowest BCUT2D eigenvalue weighted by Gasteiger charge is -2.34. The number of likely N-dealkylation sites (N-methyl/N-ethyl adjacent to an activating group) is 1. The van der Waals surface area contributed by atoms with Gasteiger partial charge >= 0.3 is 0 Å². The Morgan fingerprint density at radius 3 is 2.53 bits per heavy atom. The maximum atomic E-state index is 4.60. The van der Waals surface area contributed by atoms with E-state index in [-0.39, 0.29) is 7.92 Å². The van der Waals surface area contributed by atoms with E-state index in [0.717, 1.165) is 48.6 Å². The molecule has 164 valence electrons. The van der Waals surface area contributed by atoms with Gasteiger partial charge in [-0.05, 0) is 56.0 Å². The molecule has 0 radical (unpaired) electrons. The van der Waals surface area contributed by atoms with Crippen molar-refractivity contribution in [2.75, 3.05) is 56.8 Å². The largest absolute Gasteiger partial charge is 0.369 e. The van der Waals surface area contributed by atoms with Crippen LogP contribution in [-0.2, 0) is 0 Å². The van der Waals surface area contributed by atoms with Gasteiger partial charge in [0.1, 0.15) is 5.65 Å². The monoisotopic (exact) mass is 443 g/mol. The third-order valence-electron chi connectivity index (χ3n) is 6.21. The molecule has 0 amide bonds. The predicted molar refractivity (Wildman–Crippen MR) is 139 cm³/mol. The quantitative estimate of drug-likeness (QED) is 0.422. The van der Waals surface area contributed by atoms with Crippen LogP contribution in [-0.4, -0.2) is 61.4 Å². The molecule has 1 aliphatic heterocycles. The number of nitrogens with zero attached hydrogens (tertiary/aromatic N) is 3. The van der Waals surface area contributed by atoms with Gasteiger partial charge in [-0.1, -0.05) is 38.3 Å². The maximum Gasteiger partial charge on any atom is 0.139 e. The molecule has 0 atom stereocenters. The van der Waals surface area contributed by atoms with Gasteiger partial charge in [-0.2, -0.15) is 0 Å². The number of fused-ring (bicyclic) bond motifs is 1. The zero-order valence-corrected chi connectivity index (χ0v) is 19.9. The predicted octanol–water partition coefficient (Wildman–Crippen LogP) is 5.09. The van der Waals surface area contributed by atoms with Crippen molar-refractivity contribution in [1.82, 2.24) is 14.9 Å². The minimum absolute atomic E-state index is 0.193. The normalized spacial score (nSPS) is 14.9. The number of H-pyrrole nitrogens is 1. The van der Waals surface area contributed by atoms with Gasteiger partial charge in [0.15, 0.2) is 0 Å². The van der Waals surface area contributed by atoms with E-state index in [0.29, 0.717) is 0 Å². The van der Waals surface area contributed by atoms with Crippen LogP contribution >= 0.6 is 7.92 Å². The van der Waals surface area contributed by atoms with E-state index >= 15 is 0 Å². The lowest BCUT2D eigenvalue weighted by Crippen LogP contribution is -2.44. The first-order valence-electron chi connectivity index (χ1n) is 11.1. The van der Waals surface area contributed by atoms with Crippen molar-refractivity contribution < 1.29 is 0 Å². The van der Waals surface area contributed by atoms with E-state index in [1.807, 2.05) is 6.20 Å². The molecule has 5 nitrogen and oxygen atoms in total. The second-order valence-electron chi connectivity index (χ2n) is 8.68. The van der Waals surface area contributed by atoms with Crippen molar-refractivity contribution in [1.29, 1.82) is 0 Å². The van der Waals surface area contributed by atoms with Gasteiger partial charge in [0, 0.05) is 60.4 Å². The fraction of sp³-hybridized carbons (Fsp3) is 0.269. The zero-order chi connectivity index (χ0) is 22.1. The van der Waals surface area contributed by atoms with Gasteiger partial charge in [0.05, 0.1) is 5.69 Å². The first-order valence-corrected chi connectivity index (χ1v) is 13.4. The van der Waals surface area contributed by atoms with Gasteiger partial charge in [-0.15, -0.1) is 0 Å². The second kappa shape index (κ2) is 8.93. The Balaban J connectivity index is 1.47. The molecule has 6 heteroatoms. The van der Waals surface area contributed by atoms with Crippen molar-refractivity contribution in [2.45, 2.75) is 0 Å². The molecule has 0 spiro atoms. The number of para-hydroxylation sites is 1. The zero-order valence-electron chi connectivity index (χ0n) is 19.0. The summed E-state index contributed by atoms with van der Waals surface area (Å²) in [6.07, 6.45) is 1.87. The molecular weight excluding hydrogens is 413 g/mol. The minimum Gasteiger partial charge on any atom is -0.369 e. The molecule has 2 N–H and O–H groups in total. The molecule has 5 rings (SSSR count). The Labute approximate surface area is 191 Å². The van der Waals surface area contributed by atoms with E-state index in [2.05, 4.69) is 106 Å². The number of pyridine rings is 1. The molecule has 3 heterocycles. The van der Waals surface area contributed by atoms with E-state index < -0.39 is 0 Å². The molecule has 0 aliphatic carbocycles. The maximum absolute atomic E-state index is 4.60. The second-order valence-corrected chi connectivity index (χ2v) is 11.0. The first kappa shape index (κ1) is 21.0. The highest BCUT2D eigenvalue weighted by Crippen LogP contribution is 2.33. The molecule has 0 saturated carbocycles. The summed E-state index contributed by atoms with van der Waals surface area (Å²) in [4.78, 5) is 13.0. The molecule has 1 fully saturated rings. The standard InChI is InChI=1S/C26H30N5P/c1-30-13-15-31(16-14-30)20-8-6-7-19(17-20)24-18-21-22(11-12-27-26(21)29-24)28-23-9-4-5-10-25(23)32(2)3/h4-12,17-18H,13-16H2,1-3H3,(H2,27,28,29). The number of aromatic amines is 1. The number of rotatable bonds is 5.